The summed E-state index contributed by atoms with van der Waals surface area (Å²) in [6, 6.07) is 0. The minimum Gasteiger partial charge on any atom is -0.478 e. The molecule has 0 unspecified atom stereocenters. The van der Waals surface area contributed by atoms with Crippen LogP contribution in [0.3, 0.4) is 0 Å². The zero-order chi connectivity index (χ0) is 10.1. The molecule has 6 heteroatoms. The Balaban J connectivity index is 2.73. The van der Waals surface area contributed by atoms with Crippen LogP contribution < -0.4 is 10.4 Å². The van der Waals surface area contributed by atoms with Crippen LogP contribution >= 0.6 is 11.6 Å². The molecule has 74 valence electrons. The van der Waals surface area contributed by atoms with Crippen molar-refractivity contribution in [1.82, 2.24) is 9.55 Å². The summed E-state index contributed by atoms with van der Waals surface area (Å²) in [4.78, 5) is 25.5. The predicted molar refractivity (Wildman–Crippen MR) is 49.0 cm³/mol. The van der Waals surface area contributed by atoms with Gasteiger partial charge in [0.25, 0.3) is 0 Å². The van der Waals surface area contributed by atoms with E-state index in [9.17, 15) is 9.59 Å². The van der Waals surface area contributed by atoms with E-state index in [1.807, 2.05) is 0 Å². The van der Waals surface area contributed by atoms with Crippen LogP contribution in [0.2, 0.25) is 5.15 Å². The number of aldehydes is 1. The van der Waals surface area contributed by atoms with Gasteiger partial charge in [0.05, 0.1) is 6.61 Å². The number of fused-ring (bicyclic) bond motifs is 1. The fourth-order valence-electron chi connectivity index (χ4n) is 1.37. The summed E-state index contributed by atoms with van der Waals surface area (Å²) in [6.07, 6.45) is 1.28. The first-order valence-corrected chi connectivity index (χ1v) is 4.50. The number of carbonyl (C=O) groups excluding carboxylic acids is 1. The van der Waals surface area contributed by atoms with Gasteiger partial charge in [0.15, 0.2) is 11.4 Å². The van der Waals surface area contributed by atoms with Gasteiger partial charge in [-0.25, -0.2) is 4.79 Å². The Kier molecular flexibility index (Phi) is 2.25. The highest BCUT2D eigenvalue weighted by Gasteiger charge is 2.19. The number of nitrogens with zero attached hydrogens (tertiary/aromatic N) is 2. The van der Waals surface area contributed by atoms with Crippen LogP contribution in [0.4, 0.5) is 0 Å². The van der Waals surface area contributed by atoms with Gasteiger partial charge in [0.2, 0.25) is 5.88 Å². The van der Waals surface area contributed by atoms with Crippen LogP contribution in [0.25, 0.3) is 0 Å². The summed E-state index contributed by atoms with van der Waals surface area (Å²) >= 11 is 5.63. The fraction of sp³-hybridized carbons (Fsp3) is 0.375. The lowest BCUT2D eigenvalue weighted by Crippen LogP contribution is -2.30. The van der Waals surface area contributed by atoms with Gasteiger partial charge in [0, 0.05) is 6.54 Å². The van der Waals surface area contributed by atoms with E-state index in [-0.39, 0.29) is 16.6 Å². The monoisotopic (exact) mass is 214 g/mol. The Bertz CT molecular complexity index is 441. The molecule has 0 fully saturated rings. The summed E-state index contributed by atoms with van der Waals surface area (Å²) in [5.74, 6) is 0.233. The van der Waals surface area contributed by atoms with Crippen molar-refractivity contribution in [2.45, 2.75) is 13.0 Å². The van der Waals surface area contributed by atoms with Crippen molar-refractivity contribution in [3.8, 4) is 5.88 Å². The third kappa shape index (κ3) is 1.29. The van der Waals surface area contributed by atoms with Gasteiger partial charge >= 0.3 is 5.69 Å². The highest BCUT2D eigenvalue weighted by atomic mass is 35.5. The van der Waals surface area contributed by atoms with Gasteiger partial charge in [-0.05, 0) is 6.42 Å². The largest absolute Gasteiger partial charge is 0.478 e. The number of hydrogen-bond donors (Lipinski definition) is 0. The molecule has 2 heterocycles. The van der Waals surface area contributed by atoms with Crippen molar-refractivity contribution in [1.29, 1.82) is 0 Å². The van der Waals surface area contributed by atoms with Crippen LogP contribution in [0.1, 0.15) is 16.8 Å². The van der Waals surface area contributed by atoms with E-state index < -0.39 is 5.69 Å². The Morgan fingerprint density at radius 3 is 3.07 bits per heavy atom. The first kappa shape index (κ1) is 9.21. The second-order valence-electron chi connectivity index (χ2n) is 2.88. The van der Waals surface area contributed by atoms with Crippen molar-refractivity contribution >= 4 is 17.9 Å². The van der Waals surface area contributed by atoms with Crippen molar-refractivity contribution in [3.63, 3.8) is 0 Å². The summed E-state index contributed by atoms with van der Waals surface area (Å²) in [6.45, 7) is 1.000. The normalized spacial score (nSPS) is 14.4. The molecule has 0 atom stereocenters. The van der Waals surface area contributed by atoms with Crippen molar-refractivity contribution < 1.29 is 9.53 Å². The van der Waals surface area contributed by atoms with Gasteiger partial charge in [-0.1, -0.05) is 11.6 Å². The molecule has 1 aromatic heterocycles. The first-order valence-electron chi connectivity index (χ1n) is 4.12. The Morgan fingerprint density at radius 1 is 1.57 bits per heavy atom. The van der Waals surface area contributed by atoms with Crippen LogP contribution in [-0.4, -0.2) is 22.4 Å². The molecule has 1 aliphatic rings. The minimum absolute atomic E-state index is 0.0989. The maximum atomic E-state index is 11.3. The van der Waals surface area contributed by atoms with Crippen molar-refractivity contribution in [2.24, 2.45) is 0 Å². The molecule has 14 heavy (non-hydrogen) atoms. The van der Waals surface area contributed by atoms with Gasteiger partial charge in [-0.2, -0.15) is 4.98 Å². The van der Waals surface area contributed by atoms with Crippen LogP contribution in [0.5, 0.6) is 5.88 Å². The van der Waals surface area contributed by atoms with Gasteiger partial charge in [-0.15, -0.1) is 0 Å². The number of aromatic nitrogens is 2. The average molecular weight is 215 g/mol. The summed E-state index contributed by atoms with van der Waals surface area (Å²) < 4.78 is 6.53. The molecule has 0 saturated heterocycles. The highest BCUT2D eigenvalue weighted by molar-refractivity contribution is 6.31. The standard InChI is InChI=1S/C8H7ClN2O3/c9-6-5(4-12)7-11(8(13)10-6)2-1-3-14-7/h4H,1-3H2. The third-order valence-corrected chi connectivity index (χ3v) is 2.29. The molecule has 1 aromatic rings. The minimum atomic E-state index is -0.477. The van der Waals surface area contributed by atoms with Gasteiger partial charge in [-0.3, -0.25) is 9.36 Å². The van der Waals surface area contributed by atoms with E-state index in [1.54, 1.807) is 0 Å². The Labute approximate surface area is 84.3 Å². The van der Waals surface area contributed by atoms with E-state index in [0.29, 0.717) is 19.4 Å². The van der Waals surface area contributed by atoms with Crippen LogP contribution in [0.15, 0.2) is 4.79 Å². The molecule has 0 aromatic carbocycles. The number of rotatable bonds is 1. The molecule has 2 rings (SSSR count). The number of carbonyl (C=O) groups is 1. The molecule has 0 saturated carbocycles. The second kappa shape index (κ2) is 3.42. The molecule has 0 aliphatic carbocycles. The summed E-state index contributed by atoms with van der Waals surface area (Å²) in [5, 5.41) is -0.0989. The zero-order valence-electron chi connectivity index (χ0n) is 7.20. The Morgan fingerprint density at radius 2 is 2.36 bits per heavy atom. The molecule has 0 N–H and O–H groups in total. The molecular formula is C8H7ClN2O3. The predicted octanol–water partition coefficient (Wildman–Crippen LogP) is 0.492. The van der Waals surface area contributed by atoms with Crippen molar-refractivity contribution in [3.05, 3.63) is 21.2 Å². The van der Waals surface area contributed by atoms with E-state index in [1.165, 1.54) is 4.57 Å². The van der Waals surface area contributed by atoms with E-state index in [0.717, 1.165) is 6.42 Å². The maximum Gasteiger partial charge on any atom is 0.351 e. The summed E-state index contributed by atoms with van der Waals surface area (Å²) in [7, 11) is 0. The first-order chi connectivity index (χ1) is 6.74. The van der Waals surface area contributed by atoms with Crippen molar-refractivity contribution in [2.75, 3.05) is 6.61 Å². The average Bonchev–Trinajstić information content (AvgIpc) is 2.18. The number of halogens is 1. The number of ether oxygens (including phenoxy) is 1. The molecule has 5 nitrogen and oxygen atoms in total. The fourth-order valence-corrected chi connectivity index (χ4v) is 1.57. The molecular weight excluding hydrogens is 208 g/mol. The van der Waals surface area contributed by atoms with Gasteiger partial charge < -0.3 is 4.74 Å². The molecule has 0 spiro atoms. The highest BCUT2D eigenvalue weighted by Crippen LogP contribution is 2.23. The smallest absolute Gasteiger partial charge is 0.351 e. The lowest BCUT2D eigenvalue weighted by Gasteiger charge is -2.19. The molecule has 0 amide bonds. The van der Waals surface area contributed by atoms with Gasteiger partial charge in [0.1, 0.15) is 5.56 Å². The molecule has 0 radical (unpaired) electrons. The second-order valence-corrected chi connectivity index (χ2v) is 3.23. The van der Waals surface area contributed by atoms with E-state index in [2.05, 4.69) is 4.98 Å². The zero-order valence-corrected chi connectivity index (χ0v) is 7.95. The Hall–Kier alpha value is -1.36. The SMILES string of the molecule is O=Cc1c(Cl)nc(=O)n2c1OCCC2. The lowest BCUT2D eigenvalue weighted by atomic mass is 10.3. The van der Waals surface area contributed by atoms with Crippen LogP contribution in [-0.2, 0) is 6.54 Å². The lowest BCUT2D eigenvalue weighted by molar-refractivity contribution is 0.111. The molecule has 1 aliphatic heterocycles. The van der Waals surface area contributed by atoms with E-state index in [4.69, 9.17) is 16.3 Å². The van der Waals surface area contributed by atoms with Crippen LogP contribution in [0, 0.1) is 0 Å². The topological polar surface area (TPSA) is 61.2 Å². The third-order valence-electron chi connectivity index (χ3n) is 2.01. The summed E-state index contributed by atoms with van der Waals surface area (Å²) in [5.41, 5.74) is -0.332. The van der Waals surface area contributed by atoms with E-state index >= 15 is 0 Å². The molecule has 0 bridgehead atoms. The maximum absolute atomic E-state index is 11.3. The quantitative estimate of drug-likeness (QED) is 0.504. The number of hydrogen-bond acceptors (Lipinski definition) is 4.